The van der Waals surface area contributed by atoms with Gasteiger partial charge in [-0.3, -0.25) is 0 Å². The van der Waals surface area contributed by atoms with Gasteiger partial charge in [-0.2, -0.15) is 9.29 Å². The summed E-state index contributed by atoms with van der Waals surface area (Å²) in [5.74, 6) is 1.99. The Bertz CT molecular complexity index is 749. The molecule has 7 nitrogen and oxygen atoms in total. The molecule has 0 N–H and O–H groups in total. The van der Waals surface area contributed by atoms with Gasteiger partial charge in [-0.15, -0.1) is 0 Å². The third kappa shape index (κ3) is 3.96. The normalized spacial score (nSPS) is 25.2. The third-order valence-corrected chi connectivity index (χ3v) is 6.35. The van der Waals surface area contributed by atoms with E-state index in [9.17, 15) is 8.42 Å². The molecule has 1 saturated heterocycles. The topological polar surface area (TPSA) is 81.6 Å². The van der Waals surface area contributed by atoms with E-state index in [-0.39, 0.29) is 6.10 Å². The molecular weight excluding hydrogens is 342 g/mol. The van der Waals surface area contributed by atoms with Gasteiger partial charge in [0.1, 0.15) is 11.9 Å². The summed E-state index contributed by atoms with van der Waals surface area (Å²) >= 11 is 0. The van der Waals surface area contributed by atoms with E-state index in [0.717, 1.165) is 55.6 Å². The number of sulfonamides is 1. The van der Waals surface area contributed by atoms with Crippen LogP contribution in [0.25, 0.3) is 0 Å². The predicted molar refractivity (Wildman–Crippen MR) is 92.3 cm³/mol. The van der Waals surface area contributed by atoms with Crippen molar-refractivity contribution in [2.75, 3.05) is 32.6 Å². The molecule has 0 bridgehead atoms. The van der Waals surface area contributed by atoms with Crippen molar-refractivity contribution in [3.8, 4) is 5.88 Å². The number of piperidine rings is 1. The smallest absolute Gasteiger partial charge is 0.220 e. The maximum absolute atomic E-state index is 11.8. The summed E-state index contributed by atoms with van der Waals surface area (Å²) < 4.78 is 37.0. The molecule has 8 heteroatoms. The molecule has 1 saturated carbocycles. The second kappa shape index (κ2) is 6.81. The molecule has 1 aromatic rings. The van der Waals surface area contributed by atoms with Gasteiger partial charge in [0.05, 0.1) is 31.7 Å². The SMILES string of the molecule is CS(=O)(=O)N1CCCC(Oc2nc(C3CC3)nc3c2CCOCC3)C1. The zero-order chi connectivity index (χ0) is 17.4. The molecule has 138 valence electrons. The Morgan fingerprint density at radius 2 is 1.96 bits per heavy atom. The molecule has 1 aliphatic carbocycles. The van der Waals surface area contributed by atoms with E-state index < -0.39 is 10.0 Å². The summed E-state index contributed by atoms with van der Waals surface area (Å²) in [6.07, 6.45) is 6.57. The Morgan fingerprint density at radius 3 is 2.72 bits per heavy atom. The van der Waals surface area contributed by atoms with Crippen LogP contribution in [0.1, 0.15) is 48.7 Å². The highest BCUT2D eigenvalue weighted by molar-refractivity contribution is 7.88. The summed E-state index contributed by atoms with van der Waals surface area (Å²) in [6.45, 7) is 2.29. The van der Waals surface area contributed by atoms with E-state index in [2.05, 4.69) is 0 Å². The molecule has 3 heterocycles. The highest BCUT2D eigenvalue weighted by Crippen LogP contribution is 2.40. The van der Waals surface area contributed by atoms with Crippen molar-refractivity contribution in [3.05, 3.63) is 17.1 Å². The first-order valence-corrected chi connectivity index (χ1v) is 10.9. The molecular formula is C17H25N3O4S. The number of fused-ring (bicyclic) bond motifs is 1. The van der Waals surface area contributed by atoms with E-state index in [1.807, 2.05) is 0 Å². The highest BCUT2D eigenvalue weighted by Gasteiger charge is 2.32. The van der Waals surface area contributed by atoms with Crippen LogP contribution in [-0.2, 0) is 27.6 Å². The van der Waals surface area contributed by atoms with Gasteiger partial charge in [0.15, 0.2) is 0 Å². The number of hydrogen-bond donors (Lipinski definition) is 0. The van der Waals surface area contributed by atoms with Crippen LogP contribution in [0.15, 0.2) is 0 Å². The maximum Gasteiger partial charge on any atom is 0.220 e. The average molecular weight is 367 g/mol. The molecule has 2 fully saturated rings. The predicted octanol–water partition coefficient (Wildman–Crippen LogP) is 1.27. The summed E-state index contributed by atoms with van der Waals surface area (Å²) in [7, 11) is -3.19. The van der Waals surface area contributed by atoms with Gasteiger partial charge in [0.2, 0.25) is 15.9 Å². The van der Waals surface area contributed by atoms with Crippen LogP contribution in [0.4, 0.5) is 0 Å². The van der Waals surface area contributed by atoms with Crippen LogP contribution in [0.5, 0.6) is 5.88 Å². The molecule has 0 aromatic carbocycles. The van der Waals surface area contributed by atoms with Crippen LogP contribution < -0.4 is 4.74 Å². The number of hydrogen-bond acceptors (Lipinski definition) is 6. The first kappa shape index (κ1) is 17.2. The fraction of sp³-hybridized carbons (Fsp3) is 0.765. The van der Waals surface area contributed by atoms with Crippen molar-refractivity contribution >= 4 is 10.0 Å². The lowest BCUT2D eigenvalue weighted by atomic mass is 10.1. The lowest BCUT2D eigenvalue weighted by molar-refractivity contribution is 0.121. The molecule has 1 unspecified atom stereocenters. The zero-order valence-electron chi connectivity index (χ0n) is 14.6. The van der Waals surface area contributed by atoms with Gasteiger partial charge in [-0.25, -0.2) is 13.4 Å². The minimum atomic E-state index is -3.19. The Balaban J connectivity index is 1.59. The van der Waals surface area contributed by atoms with E-state index >= 15 is 0 Å². The molecule has 1 atom stereocenters. The van der Waals surface area contributed by atoms with Crippen LogP contribution in [0.3, 0.4) is 0 Å². The van der Waals surface area contributed by atoms with E-state index in [1.54, 1.807) is 0 Å². The van der Waals surface area contributed by atoms with Crippen molar-refractivity contribution in [1.82, 2.24) is 14.3 Å². The summed E-state index contributed by atoms with van der Waals surface area (Å²) in [6, 6.07) is 0. The van der Waals surface area contributed by atoms with E-state index in [0.29, 0.717) is 38.1 Å². The van der Waals surface area contributed by atoms with Crippen molar-refractivity contribution < 1.29 is 17.9 Å². The minimum absolute atomic E-state index is 0.154. The van der Waals surface area contributed by atoms with Gasteiger partial charge in [0, 0.05) is 30.9 Å². The maximum atomic E-state index is 11.8. The van der Waals surface area contributed by atoms with Gasteiger partial charge < -0.3 is 9.47 Å². The molecule has 25 heavy (non-hydrogen) atoms. The Labute approximate surface area is 148 Å². The number of ether oxygens (including phenoxy) is 2. The molecule has 2 aliphatic heterocycles. The first-order valence-electron chi connectivity index (χ1n) is 9.10. The molecule has 0 radical (unpaired) electrons. The van der Waals surface area contributed by atoms with Crippen molar-refractivity contribution in [2.24, 2.45) is 0 Å². The Morgan fingerprint density at radius 1 is 1.16 bits per heavy atom. The number of rotatable bonds is 4. The molecule has 1 aromatic heterocycles. The average Bonchev–Trinajstić information content (AvgIpc) is 3.41. The molecule has 0 spiro atoms. The lowest BCUT2D eigenvalue weighted by Crippen LogP contribution is -2.44. The van der Waals surface area contributed by atoms with Crippen molar-refractivity contribution in [2.45, 2.75) is 50.5 Å². The zero-order valence-corrected chi connectivity index (χ0v) is 15.4. The summed E-state index contributed by atoms with van der Waals surface area (Å²) in [4.78, 5) is 9.48. The Kier molecular flexibility index (Phi) is 4.68. The lowest BCUT2D eigenvalue weighted by Gasteiger charge is -2.31. The number of nitrogens with zero attached hydrogens (tertiary/aromatic N) is 3. The van der Waals surface area contributed by atoms with Crippen LogP contribution in [-0.4, -0.2) is 61.4 Å². The van der Waals surface area contributed by atoms with Crippen LogP contribution in [0.2, 0.25) is 0 Å². The van der Waals surface area contributed by atoms with Crippen molar-refractivity contribution in [1.29, 1.82) is 0 Å². The standard InChI is InChI=1S/C17H25N3O4S/c1-25(21,22)20-8-2-3-13(11-20)24-17-14-6-9-23-10-7-15(14)18-16(19-17)12-4-5-12/h12-13H,2-11H2,1H3. The van der Waals surface area contributed by atoms with Gasteiger partial charge in [0.25, 0.3) is 0 Å². The molecule has 4 rings (SSSR count). The minimum Gasteiger partial charge on any atom is -0.473 e. The summed E-state index contributed by atoms with van der Waals surface area (Å²) in [5.41, 5.74) is 2.08. The fourth-order valence-electron chi connectivity index (χ4n) is 3.51. The monoisotopic (exact) mass is 367 g/mol. The highest BCUT2D eigenvalue weighted by atomic mass is 32.2. The van der Waals surface area contributed by atoms with Gasteiger partial charge >= 0.3 is 0 Å². The first-order chi connectivity index (χ1) is 12.0. The summed E-state index contributed by atoms with van der Waals surface area (Å²) in [5, 5.41) is 0. The van der Waals surface area contributed by atoms with E-state index in [4.69, 9.17) is 19.4 Å². The van der Waals surface area contributed by atoms with Crippen molar-refractivity contribution in [3.63, 3.8) is 0 Å². The Hall–Kier alpha value is -1.25. The third-order valence-electron chi connectivity index (χ3n) is 5.08. The number of aromatic nitrogens is 2. The van der Waals surface area contributed by atoms with Gasteiger partial charge in [-0.05, 0) is 25.7 Å². The molecule has 3 aliphatic rings. The van der Waals surface area contributed by atoms with E-state index in [1.165, 1.54) is 10.6 Å². The van der Waals surface area contributed by atoms with Gasteiger partial charge in [-0.1, -0.05) is 0 Å². The van der Waals surface area contributed by atoms with Crippen LogP contribution in [0, 0.1) is 0 Å². The second-order valence-electron chi connectivity index (χ2n) is 7.20. The second-order valence-corrected chi connectivity index (χ2v) is 9.18. The largest absolute Gasteiger partial charge is 0.473 e. The fourth-order valence-corrected chi connectivity index (χ4v) is 4.41. The van der Waals surface area contributed by atoms with Crippen LogP contribution >= 0.6 is 0 Å². The molecule has 0 amide bonds. The quantitative estimate of drug-likeness (QED) is 0.797.